The maximum Gasteiger partial charge on any atom is 0.223 e. The third-order valence-corrected chi connectivity index (χ3v) is 5.46. The number of rotatable bonds is 7. The van der Waals surface area contributed by atoms with Gasteiger partial charge in [-0.3, -0.25) is 4.98 Å². The molecule has 8 heteroatoms. The van der Waals surface area contributed by atoms with Crippen LogP contribution in [0, 0.1) is 13.8 Å². The van der Waals surface area contributed by atoms with Crippen LogP contribution in [-0.2, 0) is 6.54 Å². The van der Waals surface area contributed by atoms with Crippen LogP contribution in [-0.4, -0.2) is 37.8 Å². The topological polar surface area (TPSA) is 99.1 Å². The summed E-state index contributed by atoms with van der Waals surface area (Å²) in [6.45, 7) is 8.29. The van der Waals surface area contributed by atoms with Crippen molar-refractivity contribution in [3.05, 3.63) is 46.0 Å². The minimum Gasteiger partial charge on any atom is -0.496 e. The molecule has 160 valence electrons. The van der Waals surface area contributed by atoms with Crippen LogP contribution >= 0.6 is 11.6 Å². The van der Waals surface area contributed by atoms with E-state index < -0.39 is 6.10 Å². The lowest BCUT2D eigenvalue weighted by Gasteiger charge is -2.13. The van der Waals surface area contributed by atoms with E-state index in [1.54, 1.807) is 14.0 Å². The van der Waals surface area contributed by atoms with Crippen molar-refractivity contribution in [2.45, 2.75) is 53.2 Å². The van der Waals surface area contributed by atoms with E-state index in [1.807, 2.05) is 36.9 Å². The van der Waals surface area contributed by atoms with E-state index in [1.165, 1.54) is 0 Å². The van der Waals surface area contributed by atoms with Gasteiger partial charge in [-0.05, 0) is 39.2 Å². The Hall–Kier alpha value is -2.64. The molecule has 0 aliphatic rings. The zero-order chi connectivity index (χ0) is 22.0. The minimum absolute atomic E-state index is 0.121. The van der Waals surface area contributed by atoms with Gasteiger partial charge in [0, 0.05) is 29.1 Å². The number of aliphatic hydroxyl groups is 1. The Morgan fingerprint density at radius 2 is 2.10 bits per heavy atom. The number of nitrogens with two attached hydrogens (primary N) is 1. The molecule has 3 rings (SSSR count). The molecule has 0 spiro atoms. The number of nitrogen functional groups attached to an aromatic ring is 1. The molecule has 0 radical (unpaired) electrons. The highest BCUT2D eigenvalue weighted by Crippen LogP contribution is 2.34. The Bertz CT molecular complexity index is 1100. The summed E-state index contributed by atoms with van der Waals surface area (Å²) in [5, 5.41) is 10.8. The van der Waals surface area contributed by atoms with Gasteiger partial charge in [-0.1, -0.05) is 24.6 Å². The summed E-state index contributed by atoms with van der Waals surface area (Å²) in [6, 6.07) is 0. The van der Waals surface area contributed by atoms with Gasteiger partial charge in [-0.2, -0.15) is 4.98 Å². The second-order valence-electron chi connectivity index (χ2n) is 7.46. The number of aliphatic hydroxyl groups excluding tert-OH is 1. The molecule has 1 unspecified atom stereocenters. The van der Waals surface area contributed by atoms with Gasteiger partial charge < -0.3 is 20.1 Å². The second-order valence-corrected chi connectivity index (χ2v) is 7.81. The van der Waals surface area contributed by atoms with Crippen molar-refractivity contribution in [1.82, 2.24) is 19.5 Å². The first-order valence-electron chi connectivity index (χ1n) is 9.95. The van der Waals surface area contributed by atoms with Gasteiger partial charge >= 0.3 is 0 Å². The van der Waals surface area contributed by atoms with E-state index in [0.717, 1.165) is 45.5 Å². The van der Waals surface area contributed by atoms with E-state index in [2.05, 4.69) is 21.9 Å². The monoisotopic (exact) mass is 429 g/mol. The maximum atomic E-state index is 9.71. The molecule has 0 saturated carbocycles. The zero-order valence-electron chi connectivity index (χ0n) is 18.0. The molecule has 0 saturated heterocycles. The first-order valence-corrected chi connectivity index (χ1v) is 10.3. The Balaban J connectivity index is 2.18. The third kappa shape index (κ3) is 4.27. The van der Waals surface area contributed by atoms with Gasteiger partial charge in [0.25, 0.3) is 0 Å². The Morgan fingerprint density at radius 1 is 1.37 bits per heavy atom. The number of ether oxygens (including phenoxy) is 1. The molecule has 0 fully saturated rings. The minimum atomic E-state index is -0.422. The normalized spacial score (nSPS) is 13.1. The van der Waals surface area contributed by atoms with E-state index in [4.69, 9.17) is 22.1 Å². The van der Waals surface area contributed by atoms with Crippen molar-refractivity contribution in [2.24, 2.45) is 0 Å². The number of aryl methyl sites for hydroxylation is 1. The van der Waals surface area contributed by atoms with Gasteiger partial charge in [-0.15, -0.1) is 0 Å². The lowest BCUT2D eigenvalue weighted by molar-refractivity contribution is 0.198. The van der Waals surface area contributed by atoms with Crippen LogP contribution < -0.4 is 10.5 Å². The largest absolute Gasteiger partial charge is 0.496 e. The van der Waals surface area contributed by atoms with Crippen LogP contribution in [0.1, 0.15) is 49.1 Å². The molecule has 0 bridgehead atoms. The summed E-state index contributed by atoms with van der Waals surface area (Å²) in [7, 11) is 1.66. The van der Waals surface area contributed by atoms with E-state index in [0.29, 0.717) is 23.8 Å². The van der Waals surface area contributed by atoms with E-state index in [-0.39, 0.29) is 5.95 Å². The average Bonchev–Trinajstić information content (AvgIpc) is 3.03. The Morgan fingerprint density at radius 3 is 2.73 bits per heavy atom. The van der Waals surface area contributed by atoms with Gasteiger partial charge in [-0.25, -0.2) is 4.98 Å². The number of nitrogens with zero attached hydrogens (tertiary/aromatic N) is 4. The standard InChI is InChI=1S/C22H28ClN5O2/c1-6-15(8-7-13(3)29)16-10-28(21-18(16)20(23)26-22(24)27-21)11-17-14(4)19(30-5)12(2)9-25-17/h8-10,13,29H,6-7,11H2,1-5H3,(H2,24,26,27)/b15-8+. The van der Waals surface area contributed by atoms with Crippen molar-refractivity contribution >= 4 is 34.2 Å². The molecule has 3 aromatic heterocycles. The van der Waals surface area contributed by atoms with Crippen LogP contribution in [0.3, 0.4) is 0 Å². The molecule has 0 amide bonds. The predicted molar refractivity (Wildman–Crippen MR) is 121 cm³/mol. The fourth-order valence-corrected chi connectivity index (χ4v) is 3.95. The third-order valence-electron chi connectivity index (χ3n) is 5.19. The van der Waals surface area contributed by atoms with Crippen LogP contribution in [0.15, 0.2) is 18.5 Å². The van der Waals surface area contributed by atoms with Gasteiger partial charge in [0.1, 0.15) is 16.5 Å². The van der Waals surface area contributed by atoms with Crippen molar-refractivity contribution in [1.29, 1.82) is 0 Å². The van der Waals surface area contributed by atoms with Crippen LogP contribution in [0.4, 0.5) is 5.95 Å². The Labute approximate surface area is 181 Å². The summed E-state index contributed by atoms with van der Waals surface area (Å²) < 4.78 is 7.54. The second kappa shape index (κ2) is 9.02. The first kappa shape index (κ1) is 22.1. The first-order chi connectivity index (χ1) is 14.3. The van der Waals surface area contributed by atoms with Crippen LogP contribution in [0.2, 0.25) is 5.15 Å². The summed E-state index contributed by atoms with van der Waals surface area (Å²) in [5.74, 6) is 0.950. The molecule has 0 aliphatic carbocycles. The highest BCUT2D eigenvalue weighted by atomic mass is 35.5. The molecule has 3 heterocycles. The van der Waals surface area contributed by atoms with Gasteiger partial charge in [0.15, 0.2) is 0 Å². The number of halogens is 1. The lowest BCUT2D eigenvalue weighted by atomic mass is 10.0. The number of pyridine rings is 1. The van der Waals surface area contributed by atoms with E-state index >= 15 is 0 Å². The summed E-state index contributed by atoms with van der Waals surface area (Å²) in [6.07, 6.45) is 6.77. The molecule has 7 nitrogen and oxygen atoms in total. The highest BCUT2D eigenvalue weighted by Gasteiger charge is 2.19. The smallest absolute Gasteiger partial charge is 0.223 e. The number of fused-ring (bicyclic) bond motifs is 1. The van der Waals surface area contributed by atoms with Crippen molar-refractivity contribution in [2.75, 3.05) is 12.8 Å². The average molecular weight is 430 g/mol. The van der Waals surface area contributed by atoms with Crippen LogP contribution in [0.5, 0.6) is 5.75 Å². The summed E-state index contributed by atoms with van der Waals surface area (Å²) >= 11 is 6.49. The number of allylic oxidation sites excluding steroid dienone is 1. The fourth-order valence-electron chi connectivity index (χ4n) is 3.67. The summed E-state index contributed by atoms with van der Waals surface area (Å²) in [5.41, 5.74) is 11.4. The van der Waals surface area contributed by atoms with Gasteiger partial charge in [0.2, 0.25) is 5.95 Å². The van der Waals surface area contributed by atoms with E-state index in [9.17, 15) is 5.11 Å². The quantitative estimate of drug-likeness (QED) is 0.543. The summed E-state index contributed by atoms with van der Waals surface area (Å²) in [4.78, 5) is 13.2. The molecule has 0 aliphatic heterocycles. The molecule has 3 N–H and O–H groups in total. The fraction of sp³-hybridized carbons (Fsp3) is 0.409. The SMILES string of the molecule is CC/C(=C\CC(C)O)c1cn(Cc2ncc(C)c(OC)c2C)c2nc(N)nc(Cl)c12. The Kier molecular flexibility index (Phi) is 6.63. The molecular formula is C22H28ClN5O2. The van der Waals surface area contributed by atoms with Crippen LogP contribution in [0.25, 0.3) is 16.6 Å². The highest BCUT2D eigenvalue weighted by molar-refractivity contribution is 6.34. The van der Waals surface area contributed by atoms with Crippen molar-refractivity contribution < 1.29 is 9.84 Å². The zero-order valence-corrected chi connectivity index (χ0v) is 18.8. The van der Waals surface area contributed by atoms with Gasteiger partial charge in [0.05, 0.1) is 30.8 Å². The van der Waals surface area contributed by atoms with Crippen molar-refractivity contribution in [3.63, 3.8) is 0 Å². The molecule has 0 aromatic carbocycles. The predicted octanol–water partition coefficient (Wildman–Crippen LogP) is 4.30. The lowest BCUT2D eigenvalue weighted by Crippen LogP contribution is -2.07. The number of hydrogen-bond acceptors (Lipinski definition) is 6. The number of aromatic nitrogens is 4. The number of anilines is 1. The maximum absolute atomic E-state index is 9.71. The van der Waals surface area contributed by atoms with Crippen molar-refractivity contribution in [3.8, 4) is 5.75 Å². The number of methoxy groups -OCH3 is 1. The molecule has 3 aromatic rings. The molecule has 1 atom stereocenters. The molecule has 30 heavy (non-hydrogen) atoms. The molecular weight excluding hydrogens is 402 g/mol. The number of hydrogen-bond donors (Lipinski definition) is 2.